The quantitative estimate of drug-likeness (QED) is 0.782. The maximum atomic E-state index is 13.2. The molecule has 0 aromatic heterocycles. The number of nitrogens with one attached hydrogen (secondary N) is 1. The first-order chi connectivity index (χ1) is 9.41. The fraction of sp³-hybridized carbons (Fsp3) is 0.667. The van der Waals surface area contributed by atoms with E-state index in [4.69, 9.17) is 0 Å². The second-order valence-electron chi connectivity index (χ2n) is 7.30. The lowest BCUT2D eigenvalue weighted by Crippen LogP contribution is -2.46. The molecule has 1 N–H and O–H groups in total. The van der Waals surface area contributed by atoms with Crippen LogP contribution in [0.15, 0.2) is 24.3 Å². The lowest BCUT2D eigenvalue weighted by Gasteiger charge is -2.37. The van der Waals surface area contributed by atoms with Crippen molar-refractivity contribution < 1.29 is 4.39 Å². The van der Waals surface area contributed by atoms with E-state index in [1.165, 1.54) is 44.1 Å². The minimum Gasteiger partial charge on any atom is -0.311 e. The molecule has 1 nitrogen and oxygen atoms in total. The van der Waals surface area contributed by atoms with Gasteiger partial charge in [0.05, 0.1) is 0 Å². The highest BCUT2D eigenvalue weighted by atomic mass is 19.1. The van der Waals surface area contributed by atoms with Crippen LogP contribution in [0.4, 0.5) is 4.39 Å². The topological polar surface area (TPSA) is 12.0 Å². The summed E-state index contributed by atoms with van der Waals surface area (Å²) in [5, 5.41) is 3.68. The van der Waals surface area contributed by atoms with Crippen LogP contribution in [0, 0.1) is 5.82 Å². The first kappa shape index (κ1) is 15.5. The van der Waals surface area contributed by atoms with Gasteiger partial charge in [-0.3, -0.25) is 0 Å². The van der Waals surface area contributed by atoms with Crippen molar-refractivity contribution in [3.63, 3.8) is 0 Å². The minimum atomic E-state index is -0.138. The van der Waals surface area contributed by atoms with E-state index in [1.54, 1.807) is 12.1 Å². The van der Waals surface area contributed by atoms with Gasteiger partial charge in [0.15, 0.2) is 0 Å². The van der Waals surface area contributed by atoms with Crippen molar-refractivity contribution >= 4 is 0 Å². The van der Waals surface area contributed by atoms with E-state index in [1.807, 2.05) is 12.1 Å². The summed E-state index contributed by atoms with van der Waals surface area (Å²) in [6.07, 6.45) is 7.65. The summed E-state index contributed by atoms with van der Waals surface area (Å²) >= 11 is 0. The molecule has 112 valence electrons. The van der Waals surface area contributed by atoms with E-state index in [-0.39, 0.29) is 16.8 Å². The normalized spacial score (nSPS) is 19.6. The van der Waals surface area contributed by atoms with Crippen molar-refractivity contribution in [1.82, 2.24) is 5.32 Å². The fourth-order valence-corrected chi connectivity index (χ4v) is 3.21. The summed E-state index contributed by atoms with van der Waals surface area (Å²) in [5.41, 5.74) is 1.61. The Hall–Kier alpha value is -0.890. The zero-order valence-electron chi connectivity index (χ0n) is 13.1. The van der Waals surface area contributed by atoms with Crippen LogP contribution in [0.2, 0.25) is 0 Å². The van der Waals surface area contributed by atoms with Gasteiger partial charge in [0.25, 0.3) is 0 Å². The number of rotatable bonds is 3. The van der Waals surface area contributed by atoms with Gasteiger partial charge in [-0.05, 0) is 51.3 Å². The Balaban J connectivity index is 2.24. The zero-order chi connectivity index (χ0) is 14.6. The van der Waals surface area contributed by atoms with Crippen LogP contribution in [0.1, 0.15) is 64.9 Å². The van der Waals surface area contributed by atoms with E-state index >= 15 is 0 Å². The molecule has 0 saturated heterocycles. The van der Waals surface area contributed by atoms with Crippen molar-refractivity contribution in [1.29, 1.82) is 0 Å². The average Bonchev–Trinajstić information content (AvgIpc) is 2.63. The van der Waals surface area contributed by atoms with E-state index in [0.717, 1.165) is 6.54 Å². The molecule has 0 heterocycles. The summed E-state index contributed by atoms with van der Waals surface area (Å²) in [7, 11) is 0. The summed E-state index contributed by atoms with van der Waals surface area (Å²) in [6.45, 7) is 7.62. The van der Waals surface area contributed by atoms with Crippen molar-refractivity contribution in [3.05, 3.63) is 35.6 Å². The molecular weight excluding hydrogens is 249 g/mol. The molecule has 2 heteroatoms. The Morgan fingerprint density at radius 3 is 2.05 bits per heavy atom. The summed E-state index contributed by atoms with van der Waals surface area (Å²) in [4.78, 5) is 0. The number of benzene rings is 1. The van der Waals surface area contributed by atoms with E-state index < -0.39 is 0 Å². The van der Waals surface area contributed by atoms with Crippen molar-refractivity contribution in [2.45, 2.75) is 70.3 Å². The highest BCUT2D eigenvalue weighted by molar-refractivity contribution is 5.27. The molecule has 1 aromatic rings. The fourth-order valence-electron chi connectivity index (χ4n) is 3.21. The summed E-state index contributed by atoms with van der Waals surface area (Å²) < 4.78 is 13.2. The second kappa shape index (κ2) is 6.26. The number of hydrogen-bond acceptors (Lipinski definition) is 1. The lowest BCUT2D eigenvalue weighted by molar-refractivity contribution is 0.300. The van der Waals surface area contributed by atoms with Gasteiger partial charge >= 0.3 is 0 Å². The van der Waals surface area contributed by atoms with Crippen molar-refractivity contribution in [2.75, 3.05) is 6.54 Å². The average molecular weight is 277 g/mol. The zero-order valence-corrected chi connectivity index (χ0v) is 13.1. The molecule has 1 fully saturated rings. The predicted molar refractivity (Wildman–Crippen MR) is 83.5 cm³/mol. The highest BCUT2D eigenvalue weighted by Gasteiger charge is 2.33. The van der Waals surface area contributed by atoms with E-state index in [9.17, 15) is 4.39 Å². The van der Waals surface area contributed by atoms with Crippen LogP contribution in [-0.2, 0) is 5.41 Å². The molecule has 1 aromatic carbocycles. The molecule has 0 unspecified atom stereocenters. The standard InChI is InChI=1S/C18H28FN/c1-17(2,3)20-14-18(12-6-4-5-7-13-18)15-8-10-16(19)11-9-15/h8-11,20H,4-7,12-14H2,1-3H3. The van der Waals surface area contributed by atoms with Crippen LogP contribution in [0.5, 0.6) is 0 Å². The maximum Gasteiger partial charge on any atom is 0.123 e. The van der Waals surface area contributed by atoms with Gasteiger partial charge in [0.1, 0.15) is 5.82 Å². The van der Waals surface area contributed by atoms with Crippen LogP contribution >= 0.6 is 0 Å². The van der Waals surface area contributed by atoms with Gasteiger partial charge < -0.3 is 5.32 Å². The summed E-state index contributed by atoms with van der Waals surface area (Å²) in [6, 6.07) is 7.20. The second-order valence-corrected chi connectivity index (χ2v) is 7.30. The van der Waals surface area contributed by atoms with Crippen molar-refractivity contribution in [3.8, 4) is 0 Å². The lowest BCUT2D eigenvalue weighted by atomic mass is 9.74. The molecule has 0 bridgehead atoms. The molecule has 0 amide bonds. The van der Waals surface area contributed by atoms with Crippen LogP contribution in [0.25, 0.3) is 0 Å². The third-order valence-corrected chi connectivity index (χ3v) is 4.47. The molecule has 2 rings (SSSR count). The Morgan fingerprint density at radius 1 is 1.00 bits per heavy atom. The predicted octanol–water partition coefficient (Wildman–Crippen LogP) is 4.81. The molecule has 0 aliphatic heterocycles. The minimum absolute atomic E-state index is 0.124. The highest BCUT2D eigenvalue weighted by Crippen LogP contribution is 2.38. The molecule has 1 aliphatic rings. The molecular formula is C18H28FN. The molecule has 0 radical (unpaired) electrons. The Bertz CT molecular complexity index is 408. The van der Waals surface area contributed by atoms with E-state index in [0.29, 0.717) is 0 Å². The molecule has 1 aliphatic carbocycles. The Morgan fingerprint density at radius 2 is 1.55 bits per heavy atom. The largest absolute Gasteiger partial charge is 0.311 e. The van der Waals surface area contributed by atoms with Gasteiger partial charge in [-0.15, -0.1) is 0 Å². The molecule has 20 heavy (non-hydrogen) atoms. The van der Waals surface area contributed by atoms with Crippen LogP contribution in [-0.4, -0.2) is 12.1 Å². The Labute approximate surface area is 123 Å². The van der Waals surface area contributed by atoms with Gasteiger partial charge in [-0.2, -0.15) is 0 Å². The maximum absolute atomic E-state index is 13.2. The van der Waals surface area contributed by atoms with Gasteiger partial charge in [0, 0.05) is 17.5 Å². The van der Waals surface area contributed by atoms with Gasteiger partial charge in [-0.1, -0.05) is 37.8 Å². The van der Waals surface area contributed by atoms with E-state index in [2.05, 4.69) is 26.1 Å². The smallest absolute Gasteiger partial charge is 0.123 e. The monoisotopic (exact) mass is 277 g/mol. The van der Waals surface area contributed by atoms with Gasteiger partial charge in [-0.25, -0.2) is 4.39 Å². The first-order valence-electron chi connectivity index (χ1n) is 7.92. The summed E-state index contributed by atoms with van der Waals surface area (Å²) in [5.74, 6) is -0.138. The third-order valence-electron chi connectivity index (χ3n) is 4.47. The number of hydrogen-bond donors (Lipinski definition) is 1. The Kier molecular flexibility index (Phi) is 4.85. The number of halogens is 1. The molecule has 0 atom stereocenters. The van der Waals surface area contributed by atoms with Crippen LogP contribution in [0.3, 0.4) is 0 Å². The molecule has 1 saturated carbocycles. The molecule has 0 spiro atoms. The van der Waals surface area contributed by atoms with Gasteiger partial charge in [0.2, 0.25) is 0 Å². The van der Waals surface area contributed by atoms with Crippen LogP contribution < -0.4 is 5.32 Å². The SMILES string of the molecule is CC(C)(C)NCC1(c2ccc(F)cc2)CCCCCC1. The van der Waals surface area contributed by atoms with Crippen molar-refractivity contribution in [2.24, 2.45) is 0 Å². The third kappa shape index (κ3) is 4.05. The first-order valence-corrected chi connectivity index (χ1v) is 7.92.